The highest BCUT2D eigenvalue weighted by Gasteiger charge is 2.19. The molecule has 0 fully saturated rings. The monoisotopic (exact) mass is 463 g/mol. The number of para-hydroxylation sites is 2. The van der Waals surface area contributed by atoms with Crippen LogP contribution in [0.5, 0.6) is 11.5 Å². The Hall–Kier alpha value is -3.77. The number of halogens is 1. The third kappa shape index (κ3) is 5.02. The summed E-state index contributed by atoms with van der Waals surface area (Å²) in [7, 11) is 0. The highest BCUT2D eigenvalue weighted by molar-refractivity contribution is 6.30. The largest absolute Gasteiger partial charge is 0.492 e. The van der Waals surface area contributed by atoms with Crippen LogP contribution in [0.1, 0.15) is 12.5 Å². The van der Waals surface area contributed by atoms with E-state index in [1.165, 1.54) is 0 Å². The molecule has 1 heterocycles. The van der Waals surface area contributed by atoms with Crippen LogP contribution in [0.2, 0.25) is 5.02 Å². The van der Waals surface area contributed by atoms with Crippen LogP contribution < -0.4 is 20.2 Å². The summed E-state index contributed by atoms with van der Waals surface area (Å²) in [6, 6.07) is 19.2. The second-order valence-corrected chi connectivity index (χ2v) is 7.80. The third-order valence-corrected chi connectivity index (χ3v) is 5.17. The zero-order valence-corrected chi connectivity index (χ0v) is 18.9. The Labute approximate surface area is 195 Å². The van der Waals surface area contributed by atoms with E-state index < -0.39 is 5.91 Å². The van der Waals surface area contributed by atoms with Crippen LogP contribution in [0.3, 0.4) is 0 Å². The van der Waals surface area contributed by atoms with Gasteiger partial charge in [-0.15, -0.1) is 0 Å². The highest BCUT2D eigenvalue weighted by atomic mass is 35.5. The molecule has 0 radical (unpaired) electrons. The molecule has 0 saturated heterocycles. The number of fused-ring (bicyclic) bond motifs is 1. The summed E-state index contributed by atoms with van der Waals surface area (Å²) in [5.74, 6) is 0.308. The fraction of sp³-hybridized carbons (Fsp3) is 0.154. The van der Waals surface area contributed by atoms with Crippen LogP contribution in [0.25, 0.3) is 22.3 Å². The molecule has 1 amide bonds. The maximum atomic E-state index is 13.2. The number of aryl methyl sites for hydroxylation is 1. The van der Waals surface area contributed by atoms with Gasteiger partial charge in [-0.1, -0.05) is 29.8 Å². The predicted molar refractivity (Wildman–Crippen MR) is 129 cm³/mol. The highest BCUT2D eigenvalue weighted by Crippen LogP contribution is 2.32. The molecule has 7 heteroatoms. The van der Waals surface area contributed by atoms with Crippen LogP contribution in [-0.4, -0.2) is 19.1 Å². The summed E-state index contributed by atoms with van der Waals surface area (Å²) in [5, 5.41) is 3.68. The van der Waals surface area contributed by atoms with Gasteiger partial charge in [0.1, 0.15) is 11.3 Å². The lowest BCUT2D eigenvalue weighted by atomic mass is 10.1. The van der Waals surface area contributed by atoms with E-state index >= 15 is 0 Å². The van der Waals surface area contributed by atoms with Crippen molar-refractivity contribution in [2.75, 3.05) is 18.5 Å². The number of ether oxygens (including phenoxy) is 2. The van der Waals surface area contributed by atoms with Gasteiger partial charge >= 0.3 is 0 Å². The van der Waals surface area contributed by atoms with Crippen LogP contribution in [0.4, 0.5) is 5.69 Å². The van der Waals surface area contributed by atoms with Crippen molar-refractivity contribution in [2.24, 2.45) is 0 Å². The van der Waals surface area contributed by atoms with E-state index in [-0.39, 0.29) is 23.5 Å². The molecule has 168 valence electrons. The average molecular weight is 464 g/mol. The second-order valence-electron chi connectivity index (χ2n) is 7.36. The minimum atomic E-state index is -0.437. The van der Waals surface area contributed by atoms with Gasteiger partial charge in [0.15, 0.2) is 12.4 Å². The van der Waals surface area contributed by atoms with Crippen molar-refractivity contribution in [3.05, 3.63) is 87.5 Å². The van der Waals surface area contributed by atoms with E-state index in [2.05, 4.69) is 5.32 Å². The van der Waals surface area contributed by atoms with Crippen molar-refractivity contribution in [1.29, 1.82) is 0 Å². The van der Waals surface area contributed by atoms with E-state index in [9.17, 15) is 9.59 Å². The summed E-state index contributed by atoms with van der Waals surface area (Å²) in [5.41, 5.74) is 2.16. The van der Waals surface area contributed by atoms with Crippen molar-refractivity contribution >= 4 is 34.2 Å². The molecule has 1 aromatic heterocycles. The van der Waals surface area contributed by atoms with E-state index in [1.807, 2.05) is 26.0 Å². The van der Waals surface area contributed by atoms with Crippen LogP contribution in [0, 0.1) is 6.92 Å². The number of nitrogens with one attached hydrogen (secondary N) is 1. The minimum Gasteiger partial charge on any atom is -0.492 e. The number of rotatable bonds is 7. The molecule has 0 unspecified atom stereocenters. The van der Waals surface area contributed by atoms with Crippen molar-refractivity contribution in [3.8, 4) is 22.8 Å². The Morgan fingerprint density at radius 2 is 1.79 bits per heavy atom. The Kier molecular flexibility index (Phi) is 6.66. The average Bonchev–Trinajstić information content (AvgIpc) is 2.80. The van der Waals surface area contributed by atoms with Gasteiger partial charge < -0.3 is 19.2 Å². The molecule has 0 bridgehead atoms. The smallest absolute Gasteiger partial charge is 0.262 e. The van der Waals surface area contributed by atoms with Gasteiger partial charge in [-0.2, -0.15) is 0 Å². The summed E-state index contributed by atoms with van der Waals surface area (Å²) in [4.78, 5) is 25.9. The lowest BCUT2D eigenvalue weighted by Crippen LogP contribution is -2.23. The summed E-state index contributed by atoms with van der Waals surface area (Å²) in [6.45, 7) is 3.85. The predicted octanol–water partition coefficient (Wildman–Crippen LogP) is 5.84. The zero-order chi connectivity index (χ0) is 23.4. The number of benzene rings is 3. The van der Waals surface area contributed by atoms with Crippen LogP contribution in [0.15, 0.2) is 75.9 Å². The number of hydrogen-bond donors (Lipinski definition) is 1. The molecule has 0 aliphatic heterocycles. The SMILES string of the molecule is CCOc1ccccc1NC(=O)COc1c(-c2ccc(Cl)cc2)oc2cc(C)ccc2c1=O. The molecule has 0 saturated carbocycles. The molecule has 6 nitrogen and oxygen atoms in total. The van der Waals surface area contributed by atoms with Crippen LogP contribution >= 0.6 is 11.6 Å². The van der Waals surface area contributed by atoms with E-state index in [0.29, 0.717) is 39.6 Å². The summed E-state index contributed by atoms with van der Waals surface area (Å²) in [6.07, 6.45) is 0. The molecular weight excluding hydrogens is 442 g/mol. The second kappa shape index (κ2) is 9.79. The van der Waals surface area contributed by atoms with Gasteiger partial charge in [-0.3, -0.25) is 9.59 Å². The molecule has 4 rings (SSSR count). The quantitative estimate of drug-likeness (QED) is 0.372. The zero-order valence-electron chi connectivity index (χ0n) is 18.2. The van der Waals surface area contributed by atoms with E-state index in [0.717, 1.165) is 5.56 Å². The Bertz CT molecular complexity index is 1360. The number of amides is 1. The van der Waals surface area contributed by atoms with Crippen molar-refractivity contribution in [2.45, 2.75) is 13.8 Å². The number of carbonyl (C=O) groups is 1. The molecule has 3 aromatic carbocycles. The standard InChI is InChI=1S/C26H22ClNO5/c1-3-31-21-7-5-4-6-20(21)28-23(29)15-32-26-24(30)19-13-8-16(2)14-22(19)33-25(26)17-9-11-18(27)12-10-17/h4-14H,3,15H2,1-2H3,(H,28,29). The van der Waals surface area contributed by atoms with Gasteiger partial charge in [-0.05, 0) is 67.9 Å². The molecule has 4 aromatic rings. The number of carbonyl (C=O) groups excluding carboxylic acids is 1. The molecule has 0 aliphatic carbocycles. The fourth-order valence-electron chi connectivity index (χ4n) is 3.38. The van der Waals surface area contributed by atoms with Crippen molar-refractivity contribution < 1.29 is 18.7 Å². The first-order valence-electron chi connectivity index (χ1n) is 10.4. The normalized spacial score (nSPS) is 10.8. The van der Waals surface area contributed by atoms with Gasteiger partial charge in [0.2, 0.25) is 11.2 Å². The lowest BCUT2D eigenvalue weighted by Gasteiger charge is -2.13. The maximum absolute atomic E-state index is 13.2. The van der Waals surface area contributed by atoms with E-state index in [1.54, 1.807) is 54.6 Å². The minimum absolute atomic E-state index is 0.0399. The topological polar surface area (TPSA) is 77.8 Å². The first-order chi connectivity index (χ1) is 16.0. The molecule has 1 N–H and O–H groups in total. The first kappa shape index (κ1) is 22.4. The maximum Gasteiger partial charge on any atom is 0.262 e. The van der Waals surface area contributed by atoms with Gasteiger partial charge in [0.25, 0.3) is 5.91 Å². The Morgan fingerprint density at radius 3 is 2.55 bits per heavy atom. The molecule has 0 atom stereocenters. The molecular formula is C26H22ClNO5. The molecule has 33 heavy (non-hydrogen) atoms. The number of hydrogen-bond acceptors (Lipinski definition) is 5. The van der Waals surface area contributed by atoms with Crippen molar-refractivity contribution in [3.63, 3.8) is 0 Å². The van der Waals surface area contributed by atoms with E-state index in [4.69, 9.17) is 25.5 Å². The van der Waals surface area contributed by atoms with Gasteiger partial charge in [-0.25, -0.2) is 0 Å². The fourth-order valence-corrected chi connectivity index (χ4v) is 3.51. The van der Waals surface area contributed by atoms with Crippen LogP contribution in [-0.2, 0) is 4.79 Å². The molecule has 0 aliphatic rings. The Morgan fingerprint density at radius 1 is 1.03 bits per heavy atom. The Balaban J connectivity index is 1.66. The van der Waals surface area contributed by atoms with Crippen molar-refractivity contribution in [1.82, 2.24) is 0 Å². The van der Waals surface area contributed by atoms with Gasteiger partial charge in [0, 0.05) is 10.6 Å². The third-order valence-electron chi connectivity index (χ3n) is 4.92. The first-order valence-corrected chi connectivity index (χ1v) is 10.8. The van der Waals surface area contributed by atoms with Gasteiger partial charge in [0.05, 0.1) is 17.7 Å². The number of anilines is 1. The summed E-state index contributed by atoms with van der Waals surface area (Å²) < 4.78 is 17.3. The summed E-state index contributed by atoms with van der Waals surface area (Å²) >= 11 is 6.01. The lowest BCUT2D eigenvalue weighted by molar-refractivity contribution is -0.118. The molecule has 0 spiro atoms.